The third kappa shape index (κ3) is 4.18. The van der Waals surface area contributed by atoms with Gasteiger partial charge in [-0.2, -0.15) is 0 Å². The van der Waals surface area contributed by atoms with E-state index < -0.39 is 6.04 Å². The number of carbonyl (C=O) groups is 3. The SMILES string of the molecule is Cc1cccc(C(=O)N(CC2CCCO2)C2CC(=O)N(c3ccc(Br)cc3)C2=O)c1. The Bertz CT molecular complexity index is 969. The summed E-state index contributed by atoms with van der Waals surface area (Å²) in [5.41, 5.74) is 1.98. The normalized spacial score (nSPS) is 21.3. The van der Waals surface area contributed by atoms with Gasteiger partial charge in [0.1, 0.15) is 6.04 Å². The molecule has 2 fully saturated rings. The van der Waals surface area contributed by atoms with E-state index in [0.717, 1.165) is 22.9 Å². The molecule has 0 spiro atoms. The van der Waals surface area contributed by atoms with Gasteiger partial charge >= 0.3 is 0 Å². The van der Waals surface area contributed by atoms with Crippen molar-refractivity contribution in [2.45, 2.75) is 38.3 Å². The van der Waals surface area contributed by atoms with E-state index in [4.69, 9.17) is 4.74 Å². The molecule has 2 saturated heterocycles. The van der Waals surface area contributed by atoms with E-state index in [-0.39, 0.29) is 30.2 Å². The molecule has 30 heavy (non-hydrogen) atoms. The number of hydrogen-bond donors (Lipinski definition) is 0. The molecule has 156 valence electrons. The maximum atomic E-state index is 13.4. The van der Waals surface area contributed by atoms with Gasteiger partial charge in [0.25, 0.3) is 11.8 Å². The standard InChI is InChI=1S/C23H23BrN2O4/c1-15-4-2-5-16(12-15)22(28)25(14-19-6-3-11-30-19)20-13-21(27)26(23(20)29)18-9-7-17(24)8-10-18/h2,4-5,7-10,12,19-20H,3,6,11,13-14H2,1H3. The number of rotatable bonds is 5. The minimum atomic E-state index is -0.835. The van der Waals surface area contributed by atoms with Crippen LogP contribution >= 0.6 is 15.9 Å². The second kappa shape index (κ2) is 8.70. The topological polar surface area (TPSA) is 66.9 Å². The van der Waals surface area contributed by atoms with E-state index in [1.807, 2.05) is 19.1 Å². The van der Waals surface area contributed by atoms with Crippen molar-refractivity contribution in [2.24, 2.45) is 0 Å². The summed E-state index contributed by atoms with van der Waals surface area (Å²) in [6, 6.07) is 13.5. The monoisotopic (exact) mass is 470 g/mol. The summed E-state index contributed by atoms with van der Waals surface area (Å²) < 4.78 is 6.59. The highest BCUT2D eigenvalue weighted by Gasteiger charge is 2.45. The van der Waals surface area contributed by atoms with Crippen LogP contribution in [0, 0.1) is 6.92 Å². The predicted octanol–water partition coefficient (Wildman–Crippen LogP) is 3.71. The number of halogens is 1. The fourth-order valence-electron chi connectivity index (χ4n) is 4.02. The Hall–Kier alpha value is -2.51. The van der Waals surface area contributed by atoms with Crippen molar-refractivity contribution >= 4 is 39.3 Å². The molecule has 4 rings (SSSR count). The number of imide groups is 1. The van der Waals surface area contributed by atoms with Gasteiger partial charge in [0.2, 0.25) is 5.91 Å². The smallest absolute Gasteiger partial charge is 0.257 e. The van der Waals surface area contributed by atoms with Crippen molar-refractivity contribution in [3.8, 4) is 0 Å². The van der Waals surface area contributed by atoms with Crippen LogP contribution in [0.5, 0.6) is 0 Å². The van der Waals surface area contributed by atoms with Gasteiger partial charge in [-0.05, 0) is 56.2 Å². The van der Waals surface area contributed by atoms with Crippen LogP contribution in [0.2, 0.25) is 0 Å². The molecule has 7 heteroatoms. The van der Waals surface area contributed by atoms with Gasteiger partial charge < -0.3 is 9.64 Å². The lowest BCUT2D eigenvalue weighted by Crippen LogP contribution is -2.48. The van der Waals surface area contributed by atoms with Crippen LogP contribution in [0.3, 0.4) is 0 Å². The minimum Gasteiger partial charge on any atom is -0.376 e. The first-order chi connectivity index (χ1) is 14.4. The average molecular weight is 471 g/mol. The first kappa shape index (κ1) is 20.8. The quantitative estimate of drug-likeness (QED) is 0.624. The Balaban J connectivity index is 1.64. The molecule has 2 aliphatic rings. The molecule has 2 aromatic carbocycles. The van der Waals surface area contributed by atoms with E-state index >= 15 is 0 Å². The summed E-state index contributed by atoms with van der Waals surface area (Å²) in [5, 5.41) is 0. The average Bonchev–Trinajstić information content (AvgIpc) is 3.34. The molecule has 2 atom stereocenters. The van der Waals surface area contributed by atoms with Crippen molar-refractivity contribution in [3.05, 3.63) is 64.1 Å². The van der Waals surface area contributed by atoms with Gasteiger partial charge in [0, 0.05) is 23.2 Å². The highest BCUT2D eigenvalue weighted by atomic mass is 79.9. The Morgan fingerprint density at radius 2 is 1.97 bits per heavy atom. The molecule has 0 N–H and O–H groups in total. The summed E-state index contributed by atoms with van der Waals surface area (Å²) in [7, 11) is 0. The summed E-state index contributed by atoms with van der Waals surface area (Å²) in [4.78, 5) is 42.1. The molecular weight excluding hydrogens is 448 g/mol. The highest BCUT2D eigenvalue weighted by Crippen LogP contribution is 2.29. The Kier molecular flexibility index (Phi) is 6.01. The first-order valence-electron chi connectivity index (χ1n) is 10.1. The number of benzene rings is 2. The van der Waals surface area contributed by atoms with Gasteiger partial charge in [-0.25, -0.2) is 4.90 Å². The fourth-order valence-corrected chi connectivity index (χ4v) is 4.29. The number of nitrogens with zero attached hydrogens (tertiary/aromatic N) is 2. The molecule has 0 saturated carbocycles. The van der Waals surface area contributed by atoms with E-state index in [9.17, 15) is 14.4 Å². The van der Waals surface area contributed by atoms with Crippen molar-refractivity contribution in [2.75, 3.05) is 18.1 Å². The van der Waals surface area contributed by atoms with Crippen LogP contribution in [0.15, 0.2) is 53.0 Å². The van der Waals surface area contributed by atoms with Crippen molar-refractivity contribution < 1.29 is 19.1 Å². The van der Waals surface area contributed by atoms with Crippen LogP contribution in [0.4, 0.5) is 5.69 Å². The first-order valence-corrected chi connectivity index (χ1v) is 10.8. The van der Waals surface area contributed by atoms with Crippen LogP contribution in [0.25, 0.3) is 0 Å². The van der Waals surface area contributed by atoms with Gasteiger partial charge in [-0.1, -0.05) is 33.6 Å². The largest absolute Gasteiger partial charge is 0.376 e. The lowest BCUT2D eigenvalue weighted by molar-refractivity contribution is -0.122. The van der Waals surface area contributed by atoms with Crippen LogP contribution in [0.1, 0.15) is 35.2 Å². The molecule has 0 aromatic heterocycles. The number of aryl methyl sites for hydroxylation is 1. The molecule has 0 radical (unpaired) electrons. The molecular formula is C23H23BrN2O4. The van der Waals surface area contributed by atoms with E-state index in [1.165, 1.54) is 9.80 Å². The third-order valence-electron chi connectivity index (χ3n) is 5.53. The lowest BCUT2D eigenvalue weighted by atomic mass is 10.1. The number of carbonyl (C=O) groups excluding carboxylic acids is 3. The van der Waals surface area contributed by atoms with Crippen molar-refractivity contribution in [1.29, 1.82) is 0 Å². The second-order valence-electron chi connectivity index (χ2n) is 7.73. The van der Waals surface area contributed by atoms with E-state index in [1.54, 1.807) is 36.4 Å². The van der Waals surface area contributed by atoms with Crippen molar-refractivity contribution in [3.63, 3.8) is 0 Å². The Morgan fingerprint density at radius 3 is 2.63 bits per heavy atom. The predicted molar refractivity (Wildman–Crippen MR) is 116 cm³/mol. The number of anilines is 1. The fraction of sp³-hybridized carbons (Fsp3) is 0.348. The molecule has 3 amide bonds. The zero-order valence-corrected chi connectivity index (χ0v) is 18.3. The molecule has 0 aliphatic carbocycles. The van der Waals surface area contributed by atoms with Gasteiger partial charge in [-0.3, -0.25) is 14.4 Å². The van der Waals surface area contributed by atoms with E-state index in [0.29, 0.717) is 24.4 Å². The van der Waals surface area contributed by atoms with Gasteiger partial charge in [0.15, 0.2) is 0 Å². The minimum absolute atomic E-state index is 0.0286. The molecule has 0 bridgehead atoms. The molecule has 2 unspecified atom stereocenters. The van der Waals surface area contributed by atoms with Crippen LogP contribution < -0.4 is 4.90 Å². The Labute approximate surface area is 183 Å². The summed E-state index contributed by atoms with van der Waals surface area (Å²) >= 11 is 3.36. The lowest BCUT2D eigenvalue weighted by Gasteiger charge is -2.30. The van der Waals surface area contributed by atoms with Crippen LogP contribution in [-0.2, 0) is 14.3 Å². The summed E-state index contributed by atoms with van der Waals surface area (Å²) in [5.74, 6) is -0.930. The van der Waals surface area contributed by atoms with Crippen LogP contribution in [-0.4, -0.2) is 47.9 Å². The molecule has 6 nitrogen and oxygen atoms in total. The maximum Gasteiger partial charge on any atom is 0.257 e. The van der Waals surface area contributed by atoms with Gasteiger partial charge in [-0.15, -0.1) is 0 Å². The summed E-state index contributed by atoms with van der Waals surface area (Å²) in [6.45, 7) is 2.87. The number of hydrogen-bond acceptors (Lipinski definition) is 4. The zero-order chi connectivity index (χ0) is 21.3. The van der Waals surface area contributed by atoms with E-state index in [2.05, 4.69) is 15.9 Å². The third-order valence-corrected chi connectivity index (χ3v) is 6.06. The maximum absolute atomic E-state index is 13.4. The molecule has 2 aromatic rings. The highest BCUT2D eigenvalue weighted by molar-refractivity contribution is 9.10. The Morgan fingerprint density at radius 1 is 1.20 bits per heavy atom. The summed E-state index contributed by atoms with van der Waals surface area (Å²) in [6.07, 6.45) is 1.62. The molecule has 2 heterocycles. The molecule has 2 aliphatic heterocycles. The second-order valence-corrected chi connectivity index (χ2v) is 8.64. The zero-order valence-electron chi connectivity index (χ0n) is 16.7. The number of amides is 3. The van der Waals surface area contributed by atoms with Crippen molar-refractivity contribution in [1.82, 2.24) is 4.90 Å². The van der Waals surface area contributed by atoms with Gasteiger partial charge in [0.05, 0.1) is 18.2 Å². The number of ether oxygens (including phenoxy) is 1.